The standard InChI is InChI=1S/C33H38N4O3/c1-36(2)17-11-16-34-21-25-20-27-26-14-9-10-15-28(26)37(22-23-12-7-6-8-13-23)32(27)31(35-25)24-18-29(38-3)33(40-5)30(19-24)39-4/h6-10,12-15,18-20,34H,11,16-17,21-22H2,1-5H3. The van der Waals surface area contributed by atoms with E-state index < -0.39 is 0 Å². The Hall–Kier alpha value is -4.07. The van der Waals surface area contributed by atoms with Gasteiger partial charge in [0.05, 0.1) is 38.2 Å². The van der Waals surface area contributed by atoms with Crippen LogP contribution in [0.1, 0.15) is 17.7 Å². The van der Waals surface area contributed by atoms with Crippen molar-refractivity contribution >= 4 is 21.8 Å². The van der Waals surface area contributed by atoms with Gasteiger partial charge < -0.3 is 29.0 Å². The van der Waals surface area contributed by atoms with Crippen LogP contribution in [-0.4, -0.2) is 63.0 Å². The van der Waals surface area contributed by atoms with Crippen molar-refractivity contribution in [2.24, 2.45) is 0 Å². The largest absolute Gasteiger partial charge is 0.493 e. The van der Waals surface area contributed by atoms with E-state index in [0.717, 1.165) is 48.5 Å². The topological polar surface area (TPSA) is 60.8 Å². The molecule has 0 fully saturated rings. The summed E-state index contributed by atoms with van der Waals surface area (Å²) in [6.45, 7) is 3.38. The van der Waals surface area contributed by atoms with Crippen LogP contribution in [0.5, 0.6) is 17.2 Å². The third-order valence-electron chi connectivity index (χ3n) is 7.19. The highest BCUT2D eigenvalue weighted by molar-refractivity contribution is 6.12. The van der Waals surface area contributed by atoms with E-state index in [-0.39, 0.29) is 0 Å². The fourth-order valence-corrected chi connectivity index (χ4v) is 5.30. The van der Waals surface area contributed by atoms with Gasteiger partial charge in [0.1, 0.15) is 0 Å². The molecule has 0 aliphatic heterocycles. The Morgan fingerprint density at radius 1 is 0.825 bits per heavy atom. The molecule has 40 heavy (non-hydrogen) atoms. The molecule has 0 aliphatic rings. The number of fused-ring (bicyclic) bond motifs is 3. The fraction of sp³-hybridized carbons (Fsp3) is 0.303. The summed E-state index contributed by atoms with van der Waals surface area (Å²) in [7, 11) is 9.11. The normalized spacial score (nSPS) is 11.4. The molecule has 1 N–H and O–H groups in total. The van der Waals surface area contributed by atoms with Gasteiger partial charge in [-0.25, -0.2) is 4.98 Å². The second-order valence-electron chi connectivity index (χ2n) is 10.2. The molecule has 0 saturated carbocycles. The maximum Gasteiger partial charge on any atom is 0.203 e. The van der Waals surface area contributed by atoms with E-state index in [1.54, 1.807) is 21.3 Å². The van der Waals surface area contributed by atoms with E-state index >= 15 is 0 Å². The Labute approximate surface area is 236 Å². The Morgan fingerprint density at radius 3 is 2.20 bits per heavy atom. The Morgan fingerprint density at radius 2 is 1.52 bits per heavy atom. The van der Waals surface area contributed by atoms with Crippen molar-refractivity contribution in [3.8, 4) is 28.5 Å². The van der Waals surface area contributed by atoms with Crippen LogP contribution in [0, 0.1) is 0 Å². The number of pyridine rings is 1. The molecule has 2 aromatic heterocycles. The lowest BCUT2D eigenvalue weighted by Gasteiger charge is -2.17. The molecule has 0 saturated heterocycles. The number of nitrogens with one attached hydrogen (secondary N) is 1. The average molecular weight is 539 g/mol. The number of aromatic nitrogens is 2. The molecule has 0 atom stereocenters. The third-order valence-corrected chi connectivity index (χ3v) is 7.19. The molecule has 3 aromatic carbocycles. The molecular weight excluding hydrogens is 500 g/mol. The minimum atomic E-state index is 0.563. The SMILES string of the molecule is COc1cc(-c2nc(CNCCCN(C)C)cc3c4ccccc4n(Cc4ccccc4)c23)cc(OC)c1OC. The molecule has 0 spiro atoms. The predicted molar refractivity (Wildman–Crippen MR) is 163 cm³/mol. The van der Waals surface area contributed by atoms with Crippen LogP contribution >= 0.6 is 0 Å². The third kappa shape index (κ3) is 5.62. The molecule has 2 heterocycles. The van der Waals surface area contributed by atoms with E-state index in [9.17, 15) is 0 Å². The number of hydrogen-bond donors (Lipinski definition) is 1. The van der Waals surface area contributed by atoms with Crippen LogP contribution in [0.2, 0.25) is 0 Å². The van der Waals surface area contributed by atoms with E-state index in [1.165, 1.54) is 21.9 Å². The first-order chi connectivity index (χ1) is 19.5. The zero-order chi connectivity index (χ0) is 28.1. The number of rotatable bonds is 12. The van der Waals surface area contributed by atoms with Gasteiger partial charge in [-0.2, -0.15) is 0 Å². The fourth-order valence-electron chi connectivity index (χ4n) is 5.30. The van der Waals surface area contributed by atoms with Gasteiger partial charge in [-0.05, 0) is 63.4 Å². The zero-order valence-electron chi connectivity index (χ0n) is 24.0. The molecule has 0 amide bonds. The molecule has 7 nitrogen and oxygen atoms in total. The molecule has 208 valence electrons. The molecule has 0 unspecified atom stereocenters. The van der Waals surface area contributed by atoms with Crippen LogP contribution in [0.4, 0.5) is 0 Å². The number of benzene rings is 3. The van der Waals surface area contributed by atoms with Crippen LogP contribution in [-0.2, 0) is 13.1 Å². The number of ether oxygens (including phenoxy) is 3. The molecule has 5 aromatic rings. The van der Waals surface area contributed by atoms with Crippen molar-refractivity contribution in [2.75, 3.05) is 48.5 Å². The number of para-hydroxylation sites is 1. The van der Waals surface area contributed by atoms with Gasteiger partial charge in [-0.15, -0.1) is 0 Å². The van der Waals surface area contributed by atoms with Gasteiger partial charge in [-0.3, -0.25) is 0 Å². The quantitative estimate of drug-likeness (QED) is 0.198. The maximum atomic E-state index is 5.72. The highest BCUT2D eigenvalue weighted by atomic mass is 16.5. The summed E-state index contributed by atoms with van der Waals surface area (Å²) in [5, 5.41) is 5.98. The van der Waals surface area contributed by atoms with Crippen LogP contribution in [0.15, 0.2) is 72.8 Å². The van der Waals surface area contributed by atoms with E-state index in [0.29, 0.717) is 23.8 Å². The second kappa shape index (κ2) is 12.4. The lowest BCUT2D eigenvalue weighted by atomic mass is 10.0. The lowest BCUT2D eigenvalue weighted by molar-refractivity contribution is 0.324. The van der Waals surface area contributed by atoms with Gasteiger partial charge in [0.15, 0.2) is 11.5 Å². The van der Waals surface area contributed by atoms with Crippen molar-refractivity contribution in [1.82, 2.24) is 19.8 Å². The highest BCUT2D eigenvalue weighted by Gasteiger charge is 2.21. The van der Waals surface area contributed by atoms with Gasteiger partial charge >= 0.3 is 0 Å². The van der Waals surface area contributed by atoms with Gasteiger partial charge in [0.2, 0.25) is 5.75 Å². The van der Waals surface area contributed by atoms with E-state index in [2.05, 4.69) is 89.5 Å². The monoisotopic (exact) mass is 538 g/mol. The van der Waals surface area contributed by atoms with Crippen LogP contribution in [0.25, 0.3) is 33.1 Å². The van der Waals surface area contributed by atoms with Gasteiger partial charge in [0.25, 0.3) is 0 Å². The minimum Gasteiger partial charge on any atom is -0.493 e. The molecule has 7 heteroatoms. The van der Waals surface area contributed by atoms with Crippen molar-refractivity contribution in [3.63, 3.8) is 0 Å². The molecule has 0 aliphatic carbocycles. The van der Waals surface area contributed by atoms with E-state index in [1.807, 2.05) is 12.1 Å². The second-order valence-corrected chi connectivity index (χ2v) is 10.2. The average Bonchev–Trinajstić information content (AvgIpc) is 3.29. The first-order valence-corrected chi connectivity index (χ1v) is 13.6. The summed E-state index contributed by atoms with van der Waals surface area (Å²) in [6.07, 6.45) is 1.07. The Balaban J connectivity index is 1.72. The van der Waals surface area contributed by atoms with Crippen molar-refractivity contribution in [1.29, 1.82) is 0 Å². The lowest BCUT2D eigenvalue weighted by Crippen LogP contribution is -2.21. The minimum absolute atomic E-state index is 0.563. The zero-order valence-corrected chi connectivity index (χ0v) is 24.0. The molecule has 0 radical (unpaired) electrons. The number of nitrogens with zero attached hydrogens (tertiary/aromatic N) is 3. The van der Waals surface area contributed by atoms with Crippen molar-refractivity contribution < 1.29 is 14.2 Å². The maximum absolute atomic E-state index is 5.72. The van der Waals surface area contributed by atoms with Crippen molar-refractivity contribution in [3.05, 3.63) is 84.1 Å². The molecule has 5 rings (SSSR count). The van der Waals surface area contributed by atoms with Crippen molar-refractivity contribution in [2.45, 2.75) is 19.5 Å². The summed E-state index contributed by atoms with van der Waals surface area (Å²) in [6, 6.07) is 25.4. The Bertz CT molecular complexity index is 1570. The highest BCUT2D eigenvalue weighted by Crippen LogP contribution is 2.43. The van der Waals surface area contributed by atoms with Gasteiger partial charge in [-0.1, -0.05) is 48.5 Å². The van der Waals surface area contributed by atoms with Gasteiger partial charge in [0, 0.05) is 34.9 Å². The molecule has 0 bridgehead atoms. The van der Waals surface area contributed by atoms with E-state index in [4.69, 9.17) is 19.2 Å². The number of methoxy groups -OCH3 is 3. The smallest absolute Gasteiger partial charge is 0.203 e. The Kier molecular flexibility index (Phi) is 8.53. The first-order valence-electron chi connectivity index (χ1n) is 13.6. The first kappa shape index (κ1) is 27.5. The number of hydrogen-bond acceptors (Lipinski definition) is 6. The summed E-state index contributed by atoms with van der Waals surface area (Å²) in [5.41, 5.74) is 6.26. The summed E-state index contributed by atoms with van der Waals surface area (Å²) >= 11 is 0. The summed E-state index contributed by atoms with van der Waals surface area (Å²) < 4.78 is 19.4. The predicted octanol–water partition coefficient (Wildman–Crippen LogP) is 5.97. The molecular formula is C33H38N4O3. The summed E-state index contributed by atoms with van der Waals surface area (Å²) in [5.74, 6) is 1.77. The van der Waals surface area contributed by atoms with Crippen LogP contribution in [0.3, 0.4) is 0 Å². The van der Waals surface area contributed by atoms with Crippen LogP contribution < -0.4 is 19.5 Å². The summed E-state index contributed by atoms with van der Waals surface area (Å²) in [4.78, 5) is 7.47.